The van der Waals surface area contributed by atoms with Crippen LogP contribution in [0.4, 0.5) is 11.5 Å². The quantitative estimate of drug-likeness (QED) is 0.239. The van der Waals surface area contributed by atoms with Gasteiger partial charge in [-0.3, -0.25) is 4.79 Å². The summed E-state index contributed by atoms with van der Waals surface area (Å²) in [5.41, 5.74) is 0.775. The summed E-state index contributed by atoms with van der Waals surface area (Å²) in [7, 11) is 0. The normalized spacial score (nSPS) is 14.8. The van der Waals surface area contributed by atoms with E-state index in [1.54, 1.807) is 30.3 Å². The lowest BCUT2D eigenvalue weighted by atomic mass is 10.2. The molecule has 1 aliphatic heterocycles. The average Bonchev–Trinajstić information content (AvgIpc) is 3.42. The Morgan fingerprint density at radius 2 is 2.12 bits per heavy atom. The molecule has 32 heavy (non-hydrogen) atoms. The molecule has 3 aromatic rings. The van der Waals surface area contributed by atoms with E-state index in [-0.39, 0.29) is 28.3 Å². The smallest absolute Gasteiger partial charge is 0.408 e. The fourth-order valence-electron chi connectivity index (χ4n) is 3.12. The number of aromatic nitrogens is 2. The van der Waals surface area contributed by atoms with Gasteiger partial charge in [-0.2, -0.15) is 4.68 Å². The number of para-hydroxylation sites is 2. The standard InChI is InChI=1S/C20H16ClN5O5S/c1-2-30-17-6-4-3-5-16(17)25-19(27)15(22-20(25)32)9-12-7-8-13(31-12)10-24-11-14(21)18(23-24)26(28)29/h3-9,11H,2,10H2,1H3,(H,22,32)/b15-9+. The molecule has 12 heteroatoms. The topological polar surface area (TPSA) is 116 Å². The molecular weight excluding hydrogens is 458 g/mol. The summed E-state index contributed by atoms with van der Waals surface area (Å²) in [5.74, 6) is 0.627. The van der Waals surface area contributed by atoms with Crippen LogP contribution in [-0.2, 0) is 11.3 Å². The summed E-state index contributed by atoms with van der Waals surface area (Å²) < 4.78 is 12.6. The first-order valence-electron chi connectivity index (χ1n) is 9.42. The highest BCUT2D eigenvalue weighted by Crippen LogP contribution is 2.32. The highest BCUT2D eigenvalue weighted by Gasteiger charge is 2.34. The molecule has 0 spiro atoms. The molecular formula is C20H16ClN5O5S. The Morgan fingerprint density at radius 1 is 1.34 bits per heavy atom. The molecule has 1 fully saturated rings. The number of nitro groups is 1. The number of anilines is 1. The van der Waals surface area contributed by atoms with Crippen LogP contribution < -0.4 is 15.0 Å². The van der Waals surface area contributed by atoms with Gasteiger partial charge in [0.2, 0.25) is 0 Å². The van der Waals surface area contributed by atoms with Crippen LogP contribution in [0.25, 0.3) is 6.08 Å². The summed E-state index contributed by atoms with van der Waals surface area (Å²) in [5, 5.41) is 17.7. The van der Waals surface area contributed by atoms with E-state index in [1.807, 2.05) is 13.0 Å². The monoisotopic (exact) mass is 473 g/mol. The first-order valence-corrected chi connectivity index (χ1v) is 10.2. The van der Waals surface area contributed by atoms with Gasteiger partial charge < -0.3 is 24.6 Å². The number of hydrogen-bond donors (Lipinski definition) is 1. The van der Waals surface area contributed by atoms with Crippen molar-refractivity contribution in [3.8, 4) is 5.75 Å². The largest absolute Gasteiger partial charge is 0.492 e. The maximum atomic E-state index is 13.0. The maximum Gasteiger partial charge on any atom is 0.408 e. The van der Waals surface area contributed by atoms with E-state index in [0.717, 1.165) is 0 Å². The van der Waals surface area contributed by atoms with Crippen LogP contribution in [0, 0.1) is 10.1 Å². The second-order valence-corrected chi connectivity index (χ2v) is 7.38. The lowest BCUT2D eigenvalue weighted by Gasteiger charge is -2.17. The van der Waals surface area contributed by atoms with Crippen LogP contribution >= 0.6 is 23.8 Å². The summed E-state index contributed by atoms with van der Waals surface area (Å²) in [6, 6.07) is 10.5. The molecule has 1 saturated heterocycles. The first-order chi connectivity index (χ1) is 15.4. The number of amides is 1. The number of nitrogens with zero attached hydrogens (tertiary/aromatic N) is 4. The minimum atomic E-state index is -0.660. The molecule has 4 rings (SSSR count). The Kier molecular flexibility index (Phi) is 5.93. The van der Waals surface area contributed by atoms with Gasteiger partial charge in [0, 0.05) is 6.08 Å². The van der Waals surface area contributed by atoms with Crippen LogP contribution in [0.15, 0.2) is 52.7 Å². The average molecular weight is 474 g/mol. The van der Waals surface area contributed by atoms with Gasteiger partial charge in [-0.05, 0) is 48.3 Å². The van der Waals surface area contributed by atoms with E-state index in [1.165, 1.54) is 21.9 Å². The zero-order chi connectivity index (χ0) is 22.8. The van der Waals surface area contributed by atoms with Crippen LogP contribution in [0.5, 0.6) is 5.75 Å². The van der Waals surface area contributed by atoms with Crippen molar-refractivity contribution in [1.82, 2.24) is 15.1 Å². The van der Waals surface area contributed by atoms with Crippen LogP contribution in [0.2, 0.25) is 5.02 Å². The Labute approximate surface area is 192 Å². The molecule has 10 nitrogen and oxygen atoms in total. The Balaban J connectivity index is 1.54. The number of hydrogen-bond acceptors (Lipinski definition) is 7. The van der Waals surface area contributed by atoms with Gasteiger partial charge in [0.1, 0.15) is 29.5 Å². The molecule has 0 aliphatic carbocycles. The van der Waals surface area contributed by atoms with Gasteiger partial charge in [-0.25, -0.2) is 4.90 Å². The number of thiocarbonyl (C=S) groups is 1. The predicted octanol–water partition coefficient (Wildman–Crippen LogP) is 3.75. The van der Waals surface area contributed by atoms with E-state index >= 15 is 0 Å². The van der Waals surface area contributed by atoms with Gasteiger partial charge in [0.05, 0.1) is 23.6 Å². The van der Waals surface area contributed by atoms with E-state index in [0.29, 0.717) is 29.6 Å². The van der Waals surface area contributed by atoms with E-state index in [4.69, 9.17) is 33.0 Å². The minimum absolute atomic E-state index is 0.0643. The second kappa shape index (κ2) is 8.81. The highest BCUT2D eigenvalue weighted by atomic mass is 35.5. The SMILES string of the molecule is CCOc1ccccc1N1C(=O)/C(=C\c2ccc(Cn3cc(Cl)c([N+](=O)[O-])n3)o2)NC1=S. The molecule has 0 radical (unpaired) electrons. The maximum absolute atomic E-state index is 13.0. The lowest BCUT2D eigenvalue weighted by Crippen LogP contribution is -2.30. The van der Waals surface area contributed by atoms with Gasteiger partial charge in [-0.15, -0.1) is 0 Å². The van der Waals surface area contributed by atoms with Crippen molar-refractivity contribution in [3.05, 3.63) is 74.9 Å². The number of halogens is 1. The molecule has 1 aliphatic rings. The van der Waals surface area contributed by atoms with Crippen molar-refractivity contribution < 1.29 is 18.9 Å². The number of nitrogens with one attached hydrogen (secondary N) is 1. The summed E-state index contributed by atoms with van der Waals surface area (Å²) in [6.45, 7) is 2.43. The Hall–Kier alpha value is -3.70. The van der Waals surface area contributed by atoms with Crippen LogP contribution in [0.3, 0.4) is 0 Å². The predicted molar refractivity (Wildman–Crippen MR) is 121 cm³/mol. The lowest BCUT2D eigenvalue weighted by molar-refractivity contribution is -0.389. The summed E-state index contributed by atoms with van der Waals surface area (Å²) in [4.78, 5) is 24.6. The third kappa shape index (κ3) is 4.20. The first kappa shape index (κ1) is 21.5. The van der Waals surface area contributed by atoms with Crippen LogP contribution in [-0.4, -0.2) is 32.3 Å². The van der Waals surface area contributed by atoms with Crippen molar-refractivity contribution in [1.29, 1.82) is 0 Å². The molecule has 1 amide bonds. The van der Waals surface area contributed by atoms with E-state index < -0.39 is 10.7 Å². The molecule has 0 atom stereocenters. The van der Waals surface area contributed by atoms with Gasteiger partial charge in [0.15, 0.2) is 10.1 Å². The molecule has 0 saturated carbocycles. The van der Waals surface area contributed by atoms with Crippen molar-refractivity contribution in [2.45, 2.75) is 13.5 Å². The third-order valence-electron chi connectivity index (χ3n) is 4.44. The molecule has 1 N–H and O–H groups in total. The Bertz CT molecular complexity index is 1250. The summed E-state index contributed by atoms with van der Waals surface area (Å²) >= 11 is 11.2. The number of carbonyl (C=O) groups is 1. The van der Waals surface area contributed by atoms with Crippen molar-refractivity contribution in [2.75, 3.05) is 11.5 Å². The van der Waals surface area contributed by atoms with E-state index in [9.17, 15) is 14.9 Å². The molecule has 0 bridgehead atoms. The number of carbonyl (C=O) groups excluding carboxylic acids is 1. The second-order valence-electron chi connectivity index (χ2n) is 6.59. The molecule has 3 heterocycles. The summed E-state index contributed by atoms with van der Waals surface area (Å²) in [6.07, 6.45) is 2.87. The van der Waals surface area contributed by atoms with Crippen molar-refractivity contribution in [2.24, 2.45) is 0 Å². The number of furan rings is 1. The van der Waals surface area contributed by atoms with Gasteiger partial charge in [-0.1, -0.05) is 23.7 Å². The highest BCUT2D eigenvalue weighted by molar-refractivity contribution is 7.80. The number of ether oxygens (including phenoxy) is 1. The molecule has 1 aromatic carbocycles. The number of rotatable bonds is 7. The van der Waals surface area contributed by atoms with Gasteiger partial charge >= 0.3 is 5.82 Å². The molecule has 164 valence electrons. The zero-order valence-corrected chi connectivity index (χ0v) is 18.2. The minimum Gasteiger partial charge on any atom is -0.492 e. The molecule has 0 unspecified atom stereocenters. The number of benzene rings is 1. The fourth-order valence-corrected chi connectivity index (χ4v) is 3.63. The van der Waals surface area contributed by atoms with E-state index in [2.05, 4.69) is 10.4 Å². The fraction of sp³-hybridized carbons (Fsp3) is 0.150. The van der Waals surface area contributed by atoms with Crippen molar-refractivity contribution in [3.63, 3.8) is 0 Å². The molecule has 2 aromatic heterocycles. The Morgan fingerprint density at radius 3 is 2.84 bits per heavy atom. The zero-order valence-electron chi connectivity index (χ0n) is 16.6. The third-order valence-corrected chi connectivity index (χ3v) is 4.99. The van der Waals surface area contributed by atoms with Crippen molar-refractivity contribution >= 4 is 52.4 Å². The van der Waals surface area contributed by atoms with Crippen LogP contribution in [0.1, 0.15) is 18.4 Å². The van der Waals surface area contributed by atoms with Gasteiger partial charge in [0.25, 0.3) is 5.91 Å².